The molecule has 5 saturated heterocycles. The van der Waals surface area contributed by atoms with E-state index in [0.29, 0.717) is 4.57 Å². The van der Waals surface area contributed by atoms with E-state index >= 15 is 0 Å². The minimum Gasteiger partial charge on any atom is -0.394 e. The van der Waals surface area contributed by atoms with E-state index in [0.717, 1.165) is 32.3 Å². The number of nitrogens with two attached hydrogens (primary N) is 4. The van der Waals surface area contributed by atoms with E-state index in [-0.39, 0.29) is 45.5 Å². The van der Waals surface area contributed by atoms with E-state index in [2.05, 4.69) is 55.1 Å². The van der Waals surface area contributed by atoms with Gasteiger partial charge in [-0.3, -0.25) is 31.9 Å². The lowest BCUT2D eigenvalue weighted by molar-refractivity contribution is -0.0551. The largest absolute Gasteiger partial charge is 0.492 e. The fourth-order valence-corrected chi connectivity index (χ4v) is 17.6. The summed E-state index contributed by atoms with van der Waals surface area (Å²) in [5.41, 5.74) is 18.5. The Morgan fingerprint density at radius 1 is 0.437 bits per heavy atom. The second-order valence-corrected chi connectivity index (χ2v) is 34.6. The molecule has 0 bridgehead atoms. The summed E-state index contributed by atoms with van der Waals surface area (Å²) in [7, 11) is -32.5. The number of phosphoric ester groups is 1. The number of aromatic nitrogens is 8. The first-order chi connectivity index (χ1) is 47.4. The molecule has 5 fully saturated rings. The Hall–Kier alpha value is -4.33. The van der Waals surface area contributed by atoms with Crippen LogP contribution in [0.25, 0.3) is 0 Å². The third-order valence-electron chi connectivity index (χ3n) is 13.8. The van der Waals surface area contributed by atoms with E-state index in [1.165, 1.54) is 6.20 Å². The third kappa shape index (κ3) is 22.9. The number of halogens is 2. The second-order valence-electron chi connectivity index (χ2n) is 20.9. The van der Waals surface area contributed by atoms with E-state index in [1.54, 1.807) is 0 Å². The molecule has 9 heterocycles. The molecule has 0 spiro atoms. The van der Waals surface area contributed by atoms with Crippen molar-refractivity contribution in [3.8, 4) is 0 Å². The molecule has 27 N–H and O–H groups in total. The number of aliphatic hydroxyl groups is 13. The summed E-state index contributed by atoms with van der Waals surface area (Å²) >= 11 is 10.4. The van der Waals surface area contributed by atoms with Crippen molar-refractivity contribution in [2.45, 2.75) is 125 Å². The van der Waals surface area contributed by atoms with Gasteiger partial charge < -0.3 is 142 Å². The van der Waals surface area contributed by atoms with Crippen molar-refractivity contribution in [3.05, 3.63) is 89.0 Å². The van der Waals surface area contributed by atoms with Crippen LogP contribution < -0.4 is 45.7 Å². The molecule has 4 aromatic heterocycles. The van der Waals surface area contributed by atoms with Crippen LogP contribution in [0.2, 0.25) is 0 Å². The molecule has 584 valence electrons. The number of hydrogen-bond acceptors (Lipinski definition) is 44. The maximum atomic E-state index is 12.2. The van der Waals surface area contributed by atoms with E-state index in [1.807, 2.05) is 0 Å². The number of aliphatic hydroxyl groups excluding tert-OH is 13. The Kier molecular flexibility index (Phi) is 29.7. The zero-order valence-electron chi connectivity index (χ0n) is 50.9. The van der Waals surface area contributed by atoms with Crippen molar-refractivity contribution in [2.24, 2.45) is 0 Å². The molecule has 0 aliphatic carbocycles. The van der Waals surface area contributed by atoms with Gasteiger partial charge in [-0.05, 0) is 22.5 Å². The monoisotopic (exact) mass is 1670 g/mol. The topological polar surface area (TPSA) is 858 Å². The molecular formula is C40H63Cl2N12O42P7. The summed E-state index contributed by atoms with van der Waals surface area (Å²) in [6, 6.07) is 0. The molecule has 0 amide bonds. The highest BCUT2D eigenvalue weighted by molar-refractivity contribution is 8.05. The van der Waals surface area contributed by atoms with Crippen LogP contribution in [0.3, 0.4) is 0 Å². The summed E-state index contributed by atoms with van der Waals surface area (Å²) in [5, 5.41) is 125. The first-order valence-corrected chi connectivity index (χ1v) is 39.9. The van der Waals surface area contributed by atoms with Crippen molar-refractivity contribution < 1.29 is 182 Å². The first kappa shape index (κ1) is 87.6. The Bertz CT molecular complexity index is 4260. The number of rotatable bonds is 22. The van der Waals surface area contributed by atoms with E-state index in [9.17, 15) is 117 Å². The van der Waals surface area contributed by atoms with Gasteiger partial charge in [-0.25, -0.2) is 46.6 Å². The highest BCUT2D eigenvalue weighted by Crippen LogP contribution is 2.80. The number of nitrogens with zero attached hydrogens (tertiary/aromatic N) is 8. The molecule has 103 heavy (non-hydrogen) atoms. The van der Waals surface area contributed by atoms with Crippen molar-refractivity contribution in [1.29, 1.82) is 0 Å². The molecule has 4 aromatic rings. The van der Waals surface area contributed by atoms with Crippen LogP contribution in [-0.4, -0.2) is 234 Å². The van der Waals surface area contributed by atoms with E-state index in [4.69, 9.17) is 94.4 Å². The fourth-order valence-electron chi connectivity index (χ4n) is 8.97. The predicted octanol–water partition coefficient (Wildman–Crippen LogP) is -7.93. The van der Waals surface area contributed by atoms with Gasteiger partial charge in [0.05, 0.1) is 52.9 Å². The lowest BCUT2D eigenvalue weighted by Gasteiger charge is -2.27. The van der Waals surface area contributed by atoms with Gasteiger partial charge in [-0.15, -0.1) is 0 Å². The van der Waals surface area contributed by atoms with Gasteiger partial charge >= 0.3 is 75.8 Å². The minimum atomic E-state index is -5.75. The lowest BCUT2D eigenvalue weighted by Crippen LogP contribution is -2.36. The smallest absolute Gasteiger partial charge is 0.394 e. The van der Waals surface area contributed by atoms with Crippen molar-refractivity contribution >= 4 is 98.8 Å². The first-order valence-electron chi connectivity index (χ1n) is 27.5. The van der Waals surface area contributed by atoms with Gasteiger partial charge in [0.1, 0.15) is 96.5 Å². The van der Waals surface area contributed by atoms with Crippen LogP contribution in [0.5, 0.6) is 0 Å². The molecule has 9 rings (SSSR count). The highest BCUT2D eigenvalue weighted by atomic mass is 35.9. The van der Waals surface area contributed by atoms with Crippen molar-refractivity contribution in [2.75, 3.05) is 49.4 Å². The van der Waals surface area contributed by atoms with Crippen LogP contribution in [0.4, 0.5) is 23.3 Å². The summed E-state index contributed by atoms with van der Waals surface area (Å²) < 4.78 is 136. The summed E-state index contributed by atoms with van der Waals surface area (Å²) in [4.78, 5) is 115. The van der Waals surface area contributed by atoms with Crippen LogP contribution in [0.1, 0.15) is 47.2 Å². The minimum absolute atomic E-state index is 0.0124. The second kappa shape index (κ2) is 34.9. The molecule has 0 radical (unpaired) electrons. The Morgan fingerprint density at radius 2 is 0.718 bits per heavy atom. The van der Waals surface area contributed by atoms with Crippen LogP contribution >= 0.6 is 75.5 Å². The number of hydrogen-bond donors (Lipinski definition) is 23. The lowest BCUT2D eigenvalue weighted by atomic mass is 10.1. The van der Waals surface area contributed by atoms with Gasteiger partial charge in [-0.1, -0.05) is 0 Å². The summed E-state index contributed by atoms with van der Waals surface area (Å²) in [5.74, 6) is -0.830. The molecule has 63 heteroatoms. The molecule has 20 atom stereocenters. The Labute approximate surface area is 579 Å². The molecule has 8 unspecified atom stereocenters. The number of anilines is 4. The number of nitrogen functional groups attached to an aromatic ring is 4. The molecule has 0 saturated carbocycles. The molecule has 5 aliphatic rings. The van der Waals surface area contributed by atoms with Gasteiger partial charge in [0.2, 0.25) is 0 Å². The van der Waals surface area contributed by atoms with Crippen LogP contribution in [0, 0.1) is 0 Å². The highest BCUT2D eigenvalue weighted by Gasteiger charge is 2.56. The maximum absolute atomic E-state index is 12.2. The summed E-state index contributed by atoms with van der Waals surface area (Å²) in [6.07, 6.45) is -23.2. The Morgan fingerprint density at radius 3 is 0.990 bits per heavy atom. The molecule has 5 aliphatic heterocycles. The number of ether oxygens (including phenoxy) is 4. The van der Waals surface area contributed by atoms with Crippen molar-refractivity contribution in [3.63, 3.8) is 0 Å². The quantitative estimate of drug-likeness (QED) is 0.0325. The predicted molar refractivity (Wildman–Crippen MR) is 328 cm³/mol. The van der Waals surface area contributed by atoms with Crippen molar-refractivity contribution in [1.82, 2.24) is 38.2 Å². The average molecular weight is 1670 g/mol. The summed E-state index contributed by atoms with van der Waals surface area (Å²) in [6.45, 7) is -5.13. The maximum Gasteiger partial charge on any atom is 0.492 e. The normalized spacial score (nSPS) is 32.6. The zero-order valence-corrected chi connectivity index (χ0v) is 58.6. The Balaban J connectivity index is 0.000000219. The van der Waals surface area contributed by atoms with Gasteiger partial charge in [-0.2, -0.15) is 41.5 Å². The molecule has 0 aromatic carbocycles. The standard InChI is InChI=1S/C10H14Cl2N3O7P.C10H18N3O15P3.C10H16N3O14P3.C10H15N3O6/c11-23(12,20)21-3-5-6(17)7(18)9(22-5)15-1-4(2-16)8(13)14-10(15)19;11-8-4(2-14)1-13(10(17)12-8)9-7(16)6(15)5(26-9)3-25-30(21,22)28-31(23,24)27-29(18,19)20;11-8-4(2-14)1-13(10(17)12-8)9-7(16)6(15)5(24-9)3-23-30(22)26-28(18,19)25-29(20,21)27-30;11-8-4(2-14)1-13(10(18)12-8)9-7(17)6(16)5(3-15)19-9/h1,5-7,9,16-18H,2-3H2,(H2,13,14,19);1,5-7,9,14-16H,2-3H2,(H,21,22)(H,23,24)(H2,11,12,17)(H2,18,19,20);1,5-7,9,14-16H,2-3H2,(H,18,19)(H,20,21)(H2,11,12,17);1,5-7,9,14-17H,2-3H2,(H2,11,12,18)/t4*5-,6+,7?,9-/m1111/s1. The zero-order chi connectivity index (χ0) is 77.8. The average Bonchev–Trinajstić information content (AvgIpc) is 1.79. The van der Waals surface area contributed by atoms with Gasteiger partial charge in [0.15, 0.2) is 24.9 Å². The van der Waals surface area contributed by atoms with Crippen LogP contribution in [-0.2, 0) is 112 Å². The SMILES string of the molecule is Nc1nc(=O)n([C@@H]2O[C@H](CO)[C@H](O)C2O)cc1CO.Nc1nc(=O)n([C@@H]2O[C@H](COP(=O)(Cl)Cl)[C@H](O)C2O)cc1CO.Nc1nc(=O)n([C@@H]2O[C@H](COP(=O)(O)OP(=O)(O)OP(=O)(O)O)[C@H](O)C2O)cc1CO.Nc1nc(=O)n([C@@H]2O[C@H](COP3(=O)OP(=O)(O)OP(=O)(O)O3)[C@H](O)C2O)cc1CO. The van der Waals surface area contributed by atoms with Gasteiger partial charge in [0.25, 0.3) is 0 Å². The van der Waals surface area contributed by atoms with E-state index < -0.39 is 227 Å². The van der Waals surface area contributed by atoms with Crippen LogP contribution in [0.15, 0.2) is 44.0 Å². The molecule has 54 nitrogen and oxygen atoms in total. The molecular weight excluding hydrogens is 1610 g/mol. The number of phosphoric acid groups is 6. The fraction of sp³-hybridized carbons (Fsp3) is 0.600. The third-order valence-corrected chi connectivity index (χ3v) is 24.0. The van der Waals surface area contributed by atoms with Gasteiger partial charge in [0, 0.05) is 47.0 Å².